The molecule has 1 aliphatic rings. The summed E-state index contributed by atoms with van der Waals surface area (Å²) in [6.07, 6.45) is -0.984. The Hall–Kier alpha value is -3.16. The molecule has 2 aromatic carbocycles. The summed E-state index contributed by atoms with van der Waals surface area (Å²) < 4.78 is 43.7. The molecule has 0 saturated heterocycles. The minimum Gasteiger partial charge on any atom is -0.454 e. The van der Waals surface area contributed by atoms with Crippen LogP contribution in [-0.4, -0.2) is 22.3 Å². The van der Waals surface area contributed by atoms with Crippen LogP contribution in [-0.2, 0) is 4.74 Å². The van der Waals surface area contributed by atoms with Crippen LogP contribution in [0, 0.1) is 0 Å². The highest BCUT2D eigenvalue weighted by Crippen LogP contribution is 2.36. The molecule has 1 aromatic heterocycles. The van der Waals surface area contributed by atoms with Crippen molar-refractivity contribution in [2.45, 2.75) is 19.6 Å². The lowest BCUT2D eigenvalue weighted by atomic mass is 10.2. The van der Waals surface area contributed by atoms with Crippen LogP contribution in [0.2, 0.25) is 0 Å². The van der Waals surface area contributed by atoms with Gasteiger partial charge in [-0.15, -0.1) is 0 Å². The molecule has 0 spiro atoms. The minimum absolute atomic E-state index is 0.0103. The molecule has 0 amide bonds. The van der Waals surface area contributed by atoms with Gasteiger partial charge in [0.1, 0.15) is 5.56 Å². The van der Waals surface area contributed by atoms with Gasteiger partial charge in [-0.2, -0.15) is 8.78 Å². The summed E-state index contributed by atoms with van der Waals surface area (Å²) in [6.45, 7) is -1.30. The quantitative estimate of drug-likeness (QED) is 0.656. The number of hydrogen-bond donors (Lipinski definition) is 0. The second kappa shape index (κ2) is 6.29. The number of para-hydroxylation sites is 3. The average Bonchev–Trinajstić information content (AvgIpc) is 3.25. The SMILES string of the molecule is CC(OC(=O)c1cccc2c1OCO2)c1nc2ccccc2n1C(F)F. The highest BCUT2D eigenvalue weighted by molar-refractivity contribution is 5.94. The van der Waals surface area contributed by atoms with Crippen molar-refractivity contribution in [3.8, 4) is 11.5 Å². The van der Waals surface area contributed by atoms with Gasteiger partial charge in [-0.05, 0) is 31.2 Å². The number of benzene rings is 2. The zero-order chi connectivity index (χ0) is 18.3. The van der Waals surface area contributed by atoms with Gasteiger partial charge in [0.15, 0.2) is 23.4 Å². The number of alkyl halides is 2. The van der Waals surface area contributed by atoms with Crippen molar-refractivity contribution in [3.05, 3.63) is 53.9 Å². The van der Waals surface area contributed by atoms with Crippen molar-refractivity contribution in [1.29, 1.82) is 0 Å². The number of rotatable bonds is 4. The fraction of sp³-hybridized carbons (Fsp3) is 0.222. The number of esters is 1. The zero-order valence-corrected chi connectivity index (χ0v) is 13.7. The Bertz CT molecular complexity index is 986. The van der Waals surface area contributed by atoms with Gasteiger partial charge in [-0.25, -0.2) is 9.78 Å². The predicted molar refractivity (Wildman–Crippen MR) is 87.4 cm³/mol. The molecule has 3 aromatic rings. The fourth-order valence-corrected chi connectivity index (χ4v) is 2.92. The standard InChI is InChI=1S/C18H14F2N2O4/c1-10(16-21-12-6-2-3-7-13(12)22(16)18(19)20)26-17(23)11-5-4-8-14-15(11)25-9-24-14/h2-8,10,18H,9H2,1H3. The second-order valence-electron chi connectivity index (χ2n) is 5.69. The fourth-order valence-electron chi connectivity index (χ4n) is 2.92. The van der Waals surface area contributed by atoms with Crippen LogP contribution in [0.15, 0.2) is 42.5 Å². The van der Waals surface area contributed by atoms with E-state index in [1.807, 2.05) is 0 Å². The number of ether oxygens (including phenoxy) is 3. The molecule has 0 aliphatic carbocycles. The normalized spacial score (nSPS) is 14.0. The molecular formula is C18H14F2N2O4. The maximum atomic E-state index is 13.5. The molecule has 0 bridgehead atoms. The summed E-state index contributed by atoms with van der Waals surface area (Å²) in [6, 6.07) is 11.3. The molecular weight excluding hydrogens is 346 g/mol. The van der Waals surface area contributed by atoms with Crippen LogP contribution in [0.4, 0.5) is 8.78 Å². The summed E-state index contributed by atoms with van der Waals surface area (Å²) in [5.74, 6) is -0.00833. The monoisotopic (exact) mass is 360 g/mol. The number of halogens is 2. The molecule has 0 saturated carbocycles. The lowest BCUT2D eigenvalue weighted by molar-refractivity contribution is 0.0230. The van der Waals surface area contributed by atoms with Crippen LogP contribution < -0.4 is 9.47 Å². The minimum atomic E-state index is -2.81. The van der Waals surface area contributed by atoms with Crippen molar-refractivity contribution >= 4 is 17.0 Å². The third-order valence-electron chi connectivity index (χ3n) is 4.08. The van der Waals surface area contributed by atoms with E-state index < -0.39 is 18.6 Å². The van der Waals surface area contributed by atoms with E-state index in [0.717, 1.165) is 4.57 Å². The Kier molecular flexibility index (Phi) is 3.95. The molecule has 1 atom stereocenters. The van der Waals surface area contributed by atoms with Crippen LogP contribution >= 0.6 is 0 Å². The van der Waals surface area contributed by atoms with Gasteiger partial charge in [0.2, 0.25) is 6.79 Å². The first kappa shape index (κ1) is 16.3. The molecule has 1 aliphatic heterocycles. The largest absolute Gasteiger partial charge is 0.454 e. The van der Waals surface area contributed by atoms with Gasteiger partial charge in [-0.3, -0.25) is 4.57 Å². The summed E-state index contributed by atoms with van der Waals surface area (Å²) in [5, 5.41) is 0. The van der Waals surface area contributed by atoms with E-state index in [0.29, 0.717) is 11.3 Å². The van der Waals surface area contributed by atoms with Crippen molar-refractivity contribution in [2.24, 2.45) is 0 Å². The number of imidazole rings is 1. The Morgan fingerprint density at radius 2 is 2.00 bits per heavy atom. The first-order valence-electron chi connectivity index (χ1n) is 7.91. The molecule has 4 rings (SSSR count). The van der Waals surface area contributed by atoms with Crippen LogP contribution in [0.25, 0.3) is 11.0 Å². The van der Waals surface area contributed by atoms with Gasteiger partial charge in [0.25, 0.3) is 0 Å². The molecule has 0 radical (unpaired) electrons. The zero-order valence-electron chi connectivity index (χ0n) is 13.7. The summed E-state index contributed by atoms with van der Waals surface area (Å²) in [4.78, 5) is 16.7. The maximum Gasteiger partial charge on any atom is 0.342 e. The lowest BCUT2D eigenvalue weighted by Crippen LogP contribution is -2.15. The molecule has 6 nitrogen and oxygen atoms in total. The van der Waals surface area contributed by atoms with Crippen molar-refractivity contribution in [2.75, 3.05) is 6.79 Å². The van der Waals surface area contributed by atoms with Gasteiger partial charge < -0.3 is 14.2 Å². The Morgan fingerprint density at radius 3 is 2.81 bits per heavy atom. The first-order chi connectivity index (χ1) is 12.6. The van der Waals surface area contributed by atoms with E-state index in [-0.39, 0.29) is 29.4 Å². The smallest absolute Gasteiger partial charge is 0.342 e. The van der Waals surface area contributed by atoms with E-state index in [4.69, 9.17) is 14.2 Å². The lowest BCUT2D eigenvalue weighted by Gasteiger charge is -2.15. The Morgan fingerprint density at radius 1 is 1.19 bits per heavy atom. The topological polar surface area (TPSA) is 62.6 Å². The van der Waals surface area contributed by atoms with E-state index in [9.17, 15) is 13.6 Å². The second-order valence-corrected chi connectivity index (χ2v) is 5.69. The number of aromatic nitrogens is 2. The molecule has 134 valence electrons. The predicted octanol–water partition coefficient (Wildman–Crippen LogP) is 4.08. The Balaban J connectivity index is 1.66. The van der Waals surface area contributed by atoms with Crippen molar-refractivity contribution < 1.29 is 27.8 Å². The third-order valence-corrected chi connectivity index (χ3v) is 4.08. The molecule has 8 heteroatoms. The van der Waals surface area contributed by atoms with Gasteiger partial charge in [0, 0.05) is 0 Å². The summed E-state index contributed by atoms with van der Waals surface area (Å²) in [5.41, 5.74) is 0.854. The van der Waals surface area contributed by atoms with E-state index in [2.05, 4.69) is 4.98 Å². The van der Waals surface area contributed by atoms with Crippen LogP contribution in [0.5, 0.6) is 11.5 Å². The molecule has 2 heterocycles. The number of carbonyl (C=O) groups is 1. The number of hydrogen-bond acceptors (Lipinski definition) is 5. The highest BCUT2D eigenvalue weighted by Gasteiger charge is 2.27. The van der Waals surface area contributed by atoms with Crippen LogP contribution in [0.1, 0.15) is 35.8 Å². The highest BCUT2D eigenvalue weighted by atomic mass is 19.3. The van der Waals surface area contributed by atoms with Gasteiger partial charge in [-0.1, -0.05) is 18.2 Å². The first-order valence-corrected chi connectivity index (χ1v) is 7.91. The summed E-state index contributed by atoms with van der Waals surface area (Å²) in [7, 11) is 0. The number of nitrogens with zero attached hydrogens (tertiary/aromatic N) is 2. The molecule has 26 heavy (non-hydrogen) atoms. The van der Waals surface area contributed by atoms with E-state index >= 15 is 0 Å². The van der Waals surface area contributed by atoms with Crippen LogP contribution in [0.3, 0.4) is 0 Å². The van der Waals surface area contributed by atoms with E-state index in [1.54, 1.807) is 36.4 Å². The molecule has 0 N–H and O–H groups in total. The number of carbonyl (C=O) groups excluding carboxylic acids is 1. The van der Waals surface area contributed by atoms with E-state index in [1.165, 1.54) is 13.0 Å². The Labute approximate surface area is 146 Å². The third kappa shape index (κ3) is 2.63. The summed E-state index contributed by atoms with van der Waals surface area (Å²) >= 11 is 0. The average molecular weight is 360 g/mol. The molecule has 1 unspecified atom stereocenters. The maximum absolute atomic E-state index is 13.5. The number of fused-ring (bicyclic) bond motifs is 2. The van der Waals surface area contributed by atoms with Gasteiger partial charge >= 0.3 is 12.5 Å². The van der Waals surface area contributed by atoms with Crippen molar-refractivity contribution in [3.63, 3.8) is 0 Å². The molecule has 0 fully saturated rings. The van der Waals surface area contributed by atoms with Crippen molar-refractivity contribution in [1.82, 2.24) is 9.55 Å². The van der Waals surface area contributed by atoms with Gasteiger partial charge in [0.05, 0.1) is 11.0 Å².